The number of benzene rings is 1. The number of cyclic esters (lactones) is 1. The first kappa shape index (κ1) is 39.0. The summed E-state index contributed by atoms with van der Waals surface area (Å²) in [6.45, 7) is 5.68. The number of nitrogens with two attached hydrogens (primary N) is 1. The molecule has 2 unspecified atom stereocenters. The van der Waals surface area contributed by atoms with Gasteiger partial charge in [0.1, 0.15) is 18.7 Å². The molecule has 2 aromatic heterocycles. The smallest absolute Gasteiger partial charge is 0.355 e. The van der Waals surface area contributed by atoms with Crippen LogP contribution >= 0.6 is 12.4 Å². The molecule has 2 aliphatic rings. The predicted octanol–water partition coefficient (Wildman–Crippen LogP) is 3.06. The fourth-order valence-electron chi connectivity index (χ4n) is 6.53. The molecule has 1 aromatic carbocycles. The number of unbranched alkanes of at least 4 members (excludes halogenated alkanes) is 1. The van der Waals surface area contributed by atoms with Gasteiger partial charge in [-0.2, -0.15) is 0 Å². The Morgan fingerprint density at radius 3 is 2.51 bits per heavy atom. The van der Waals surface area contributed by atoms with E-state index in [1.165, 1.54) is 0 Å². The first-order valence-electron chi connectivity index (χ1n) is 17.0. The predicted molar refractivity (Wildman–Crippen MR) is 189 cm³/mol. The molecule has 51 heavy (non-hydrogen) atoms. The number of carboxylic acid groups (broad SMARTS) is 1. The Balaban J connectivity index is 0.00000583. The van der Waals surface area contributed by atoms with Crippen LogP contribution < -0.4 is 21.9 Å². The zero-order valence-corrected chi connectivity index (χ0v) is 29.7. The summed E-state index contributed by atoms with van der Waals surface area (Å²) in [5.74, 6) is -4.31. The number of hydrogen-bond acceptors (Lipinski definition) is 10. The topological polar surface area (TPSA) is 209 Å². The van der Waals surface area contributed by atoms with Crippen molar-refractivity contribution in [3.05, 3.63) is 63.4 Å². The van der Waals surface area contributed by atoms with Crippen LogP contribution in [-0.4, -0.2) is 63.0 Å². The minimum atomic E-state index is -1.98. The molecule has 5 N–H and O–H groups in total. The van der Waals surface area contributed by atoms with E-state index in [-0.39, 0.29) is 73.8 Å². The van der Waals surface area contributed by atoms with E-state index in [1.54, 1.807) is 17.6 Å². The van der Waals surface area contributed by atoms with Gasteiger partial charge < -0.3 is 35.5 Å². The molecule has 5 rings (SSSR count). The van der Waals surface area contributed by atoms with E-state index in [4.69, 9.17) is 25.3 Å². The van der Waals surface area contributed by atoms with Crippen molar-refractivity contribution in [3.8, 4) is 11.4 Å². The molecule has 0 saturated carbocycles. The second-order valence-electron chi connectivity index (χ2n) is 13.2. The van der Waals surface area contributed by atoms with E-state index in [9.17, 15) is 28.8 Å². The summed E-state index contributed by atoms with van der Waals surface area (Å²) in [5.41, 5.74) is 6.31. The summed E-state index contributed by atoms with van der Waals surface area (Å²) in [6, 6.07) is 8.94. The number of nitrogens with one attached hydrogen (secondary N) is 2. The molecule has 0 saturated heterocycles. The molecule has 0 bridgehead atoms. The number of hydrogen-bond donors (Lipinski definition) is 4. The first-order valence-corrected chi connectivity index (χ1v) is 17.0. The number of para-hydroxylation sites is 1. The van der Waals surface area contributed by atoms with E-state index in [0.29, 0.717) is 30.8 Å². The number of esters is 2. The molecule has 4 heterocycles. The minimum absolute atomic E-state index is 0. The third-order valence-corrected chi connectivity index (χ3v) is 9.13. The summed E-state index contributed by atoms with van der Waals surface area (Å²) in [4.78, 5) is 83.4. The van der Waals surface area contributed by atoms with E-state index in [1.807, 2.05) is 44.2 Å². The van der Waals surface area contributed by atoms with E-state index < -0.39 is 53.8 Å². The van der Waals surface area contributed by atoms with E-state index in [0.717, 1.165) is 16.5 Å². The standard InChI is InChI=1S/C36H43N5O9.ClH/c1-4-36(50-34(47)27(15-20(2)3)40-32(45)26(11-7-8-14-37)38-29(42)12-13-30(43)44)24-17-28-31-22(16-21-9-5-6-10-25(21)39-31)18-41(28)33(46)23(24)19-49-35(36)48;/h5-6,9-10,16-17,20,26-27H,4,7-8,11-15,18-19,37H2,1-3H3,(H,38,42)(H,40,45)(H,43,44);1H/t26?,27?,36-;/m0./s1. The second-order valence-corrected chi connectivity index (χ2v) is 13.2. The number of aromatic nitrogens is 2. The first-order chi connectivity index (χ1) is 23.9. The summed E-state index contributed by atoms with van der Waals surface area (Å²) >= 11 is 0. The summed E-state index contributed by atoms with van der Waals surface area (Å²) < 4.78 is 13.1. The molecule has 2 amide bonds. The highest BCUT2D eigenvalue weighted by molar-refractivity contribution is 5.93. The maximum atomic E-state index is 14.0. The maximum absolute atomic E-state index is 14.0. The molecule has 0 spiro atoms. The van der Waals surface area contributed by atoms with E-state index in [2.05, 4.69) is 10.6 Å². The molecule has 0 aliphatic carbocycles. The molecule has 14 nitrogen and oxygen atoms in total. The van der Waals surface area contributed by atoms with Crippen LogP contribution in [0.2, 0.25) is 0 Å². The van der Waals surface area contributed by atoms with Crippen molar-refractivity contribution in [3.63, 3.8) is 0 Å². The van der Waals surface area contributed by atoms with Crippen LogP contribution in [0, 0.1) is 5.92 Å². The number of carbonyl (C=O) groups is 5. The highest BCUT2D eigenvalue weighted by atomic mass is 35.5. The minimum Gasteiger partial charge on any atom is -0.481 e. The highest BCUT2D eigenvalue weighted by Crippen LogP contribution is 2.41. The highest BCUT2D eigenvalue weighted by Gasteiger charge is 2.51. The maximum Gasteiger partial charge on any atom is 0.355 e. The Morgan fingerprint density at radius 2 is 1.82 bits per heavy atom. The second kappa shape index (κ2) is 16.5. The number of halogens is 1. The molecule has 3 aromatic rings. The SMILES string of the molecule is CC[C@@]1(OC(=O)C(CC(C)C)NC(=O)C(CCCCN)NC(=O)CCC(=O)O)C(=O)OCc2c1cc1n(c2=O)Cc2cc3ccccc3nc2-1.Cl. The average molecular weight is 726 g/mol. The monoisotopic (exact) mass is 725 g/mol. The average Bonchev–Trinajstić information content (AvgIpc) is 3.44. The Hall–Kier alpha value is -4.82. The van der Waals surface area contributed by atoms with Crippen LogP contribution in [0.15, 0.2) is 41.2 Å². The van der Waals surface area contributed by atoms with Gasteiger partial charge in [0.2, 0.25) is 17.4 Å². The Bertz CT molecular complexity index is 1890. The summed E-state index contributed by atoms with van der Waals surface area (Å²) in [6.07, 6.45) is 0.598. The van der Waals surface area contributed by atoms with Crippen molar-refractivity contribution in [2.75, 3.05) is 6.54 Å². The number of aliphatic carboxylic acids is 1. The van der Waals surface area contributed by atoms with Crippen LogP contribution in [-0.2, 0) is 52.2 Å². The number of carbonyl (C=O) groups excluding carboxylic acids is 4. The Kier molecular flexibility index (Phi) is 12.6. The quantitative estimate of drug-likeness (QED) is 0.103. The zero-order valence-electron chi connectivity index (χ0n) is 28.9. The number of fused-ring (bicyclic) bond motifs is 5. The Labute approximate surface area is 300 Å². The number of carboxylic acids is 1. The normalized spacial score (nSPS) is 16.9. The van der Waals surface area contributed by atoms with Gasteiger partial charge in [0.25, 0.3) is 5.56 Å². The van der Waals surface area contributed by atoms with Gasteiger partial charge in [-0.25, -0.2) is 14.6 Å². The van der Waals surface area contributed by atoms with Gasteiger partial charge in [0.15, 0.2) is 0 Å². The number of pyridine rings is 2. The molecule has 274 valence electrons. The molecule has 15 heteroatoms. The van der Waals surface area contributed by atoms with Crippen LogP contribution in [0.4, 0.5) is 0 Å². The summed E-state index contributed by atoms with van der Waals surface area (Å²) in [5, 5.41) is 15.2. The van der Waals surface area contributed by atoms with Crippen molar-refractivity contribution < 1.29 is 38.6 Å². The van der Waals surface area contributed by atoms with Crippen molar-refractivity contribution in [1.29, 1.82) is 0 Å². The van der Waals surface area contributed by atoms with Gasteiger partial charge in [-0.05, 0) is 62.8 Å². The van der Waals surface area contributed by atoms with Gasteiger partial charge in [-0.15, -0.1) is 12.4 Å². The Morgan fingerprint density at radius 1 is 1.08 bits per heavy atom. The van der Waals surface area contributed by atoms with E-state index >= 15 is 0 Å². The van der Waals surface area contributed by atoms with Gasteiger partial charge in [-0.3, -0.25) is 19.2 Å². The lowest BCUT2D eigenvalue weighted by Gasteiger charge is -2.37. The molecular formula is C36H44ClN5O9. The van der Waals surface area contributed by atoms with Crippen LogP contribution in [0.25, 0.3) is 22.3 Å². The van der Waals surface area contributed by atoms with Gasteiger partial charge in [0, 0.05) is 22.9 Å². The van der Waals surface area contributed by atoms with Crippen LogP contribution in [0.5, 0.6) is 0 Å². The van der Waals surface area contributed by atoms with Crippen molar-refractivity contribution in [1.82, 2.24) is 20.2 Å². The fourth-order valence-corrected chi connectivity index (χ4v) is 6.53. The van der Waals surface area contributed by atoms with Crippen LogP contribution in [0.1, 0.15) is 82.4 Å². The van der Waals surface area contributed by atoms with Crippen molar-refractivity contribution in [2.24, 2.45) is 11.7 Å². The van der Waals surface area contributed by atoms with Gasteiger partial charge in [-0.1, -0.05) is 39.0 Å². The fraction of sp³-hybridized carbons (Fsp3) is 0.472. The molecule has 0 radical (unpaired) electrons. The number of rotatable bonds is 15. The lowest BCUT2D eigenvalue weighted by atomic mass is 9.85. The number of nitrogens with zero attached hydrogens (tertiary/aromatic N) is 2. The molecule has 0 fully saturated rings. The largest absolute Gasteiger partial charge is 0.481 e. The van der Waals surface area contributed by atoms with Gasteiger partial charge >= 0.3 is 17.9 Å². The lowest BCUT2D eigenvalue weighted by molar-refractivity contribution is -0.191. The molecule has 2 aliphatic heterocycles. The zero-order chi connectivity index (χ0) is 36.2. The third-order valence-electron chi connectivity index (χ3n) is 9.13. The summed E-state index contributed by atoms with van der Waals surface area (Å²) in [7, 11) is 0. The number of amides is 2. The molecular weight excluding hydrogens is 682 g/mol. The molecule has 3 atom stereocenters. The third kappa shape index (κ3) is 8.23. The van der Waals surface area contributed by atoms with Gasteiger partial charge in [0.05, 0.1) is 35.4 Å². The van der Waals surface area contributed by atoms with Crippen molar-refractivity contribution in [2.45, 2.75) is 96.6 Å². The van der Waals surface area contributed by atoms with Crippen molar-refractivity contribution >= 4 is 53.0 Å². The van der Waals surface area contributed by atoms with Crippen LogP contribution in [0.3, 0.4) is 0 Å². The lowest BCUT2D eigenvalue weighted by Crippen LogP contribution is -2.54. The number of ether oxygens (including phenoxy) is 2.